The fourth-order valence-electron chi connectivity index (χ4n) is 4.40. The molecule has 7 heteroatoms. The van der Waals surface area contributed by atoms with Crippen molar-refractivity contribution in [2.45, 2.75) is 49.5 Å². The number of carbonyl (C=O) groups is 3. The maximum atomic E-state index is 13.7. The van der Waals surface area contributed by atoms with Crippen LogP contribution < -0.4 is 0 Å². The largest absolute Gasteiger partial charge is 0.463 e. The van der Waals surface area contributed by atoms with Gasteiger partial charge in [0.2, 0.25) is 5.91 Å². The fourth-order valence-corrected chi connectivity index (χ4v) is 6.15. The number of carbonyl (C=O) groups excluding carboxylic acids is 3. The standard InChI is InChI=1S/C26H27NO5S/c1-4-31-24(29)17(2)16-26(3)23(27-20(28)15-21(27)33-26)25(30)32-22(18-11-7-5-8-12-18)19-13-9-6-10-14-19/h5-14,16,21-23H,4,15H2,1-3H3/b17-16+/t21-,23+,26+/m1/s1. The Labute approximate surface area is 197 Å². The van der Waals surface area contributed by atoms with Crippen molar-refractivity contribution >= 4 is 29.6 Å². The summed E-state index contributed by atoms with van der Waals surface area (Å²) in [6.45, 7) is 5.55. The summed E-state index contributed by atoms with van der Waals surface area (Å²) in [5.74, 6) is -1.01. The number of amides is 1. The van der Waals surface area contributed by atoms with Gasteiger partial charge in [0, 0.05) is 5.57 Å². The molecule has 2 aromatic rings. The minimum Gasteiger partial charge on any atom is -0.463 e. The first-order valence-corrected chi connectivity index (χ1v) is 11.9. The molecule has 0 unspecified atom stereocenters. The number of nitrogens with zero attached hydrogens (tertiary/aromatic N) is 1. The van der Waals surface area contributed by atoms with E-state index >= 15 is 0 Å². The highest BCUT2D eigenvalue weighted by Crippen LogP contribution is 2.52. The molecule has 0 aromatic heterocycles. The molecule has 2 aromatic carbocycles. The second-order valence-corrected chi connectivity index (χ2v) is 10.0. The third-order valence-corrected chi connectivity index (χ3v) is 7.44. The van der Waals surface area contributed by atoms with E-state index < -0.39 is 28.8 Å². The van der Waals surface area contributed by atoms with E-state index in [1.807, 2.05) is 67.6 Å². The predicted molar refractivity (Wildman–Crippen MR) is 126 cm³/mol. The van der Waals surface area contributed by atoms with Crippen molar-refractivity contribution in [3.8, 4) is 0 Å². The molecule has 172 valence electrons. The molecule has 0 N–H and O–H groups in total. The second-order valence-electron chi connectivity index (χ2n) is 8.35. The van der Waals surface area contributed by atoms with E-state index in [-0.39, 0.29) is 17.9 Å². The molecule has 2 heterocycles. The van der Waals surface area contributed by atoms with E-state index in [0.29, 0.717) is 12.0 Å². The summed E-state index contributed by atoms with van der Waals surface area (Å²) in [6.07, 6.45) is 1.50. The van der Waals surface area contributed by atoms with Gasteiger partial charge in [-0.1, -0.05) is 66.7 Å². The van der Waals surface area contributed by atoms with Crippen molar-refractivity contribution in [3.05, 3.63) is 83.4 Å². The SMILES string of the molecule is CCOC(=O)/C(C)=C/[C@]1(C)S[C@@H]2CC(=O)N2[C@H]1C(=O)OC(c1ccccc1)c1ccccc1. The highest BCUT2D eigenvalue weighted by Gasteiger charge is 2.60. The summed E-state index contributed by atoms with van der Waals surface area (Å²) in [5.41, 5.74) is 2.09. The van der Waals surface area contributed by atoms with Gasteiger partial charge < -0.3 is 14.4 Å². The number of esters is 2. The number of ether oxygens (including phenoxy) is 2. The minimum atomic E-state index is -0.840. The zero-order valence-corrected chi connectivity index (χ0v) is 19.7. The second kappa shape index (κ2) is 9.43. The molecule has 2 aliphatic rings. The quantitative estimate of drug-likeness (QED) is 0.346. The first kappa shape index (κ1) is 23.1. The molecule has 0 radical (unpaired) electrons. The highest BCUT2D eigenvalue weighted by atomic mass is 32.2. The number of fused-ring (bicyclic) bond motifs is 1. The smallest absolute Gasteiger partial charge is 0.333 e. The van der Waals surface area contributed by atoms with Crippen LogP contribution in [0.5, 0.6) is 0 Å². The number of rotatable bonds is 7. The third kappa shape index (κ3) is 4.55. The van der Waals surface area contributed by atoms with Gasteiger partial charge in [0.1, 0.15) is 6.04 Å². The summed E-state index contributed by atoms with van der Waals surface area (Å²) < 4.78 is 10.4. The molecule has 33 heavy (non-hydrogen) atoms. The monoisotopic (exact) mass is 465 g/mol. The van der Waals surface area contributed by atoms with Crippen molar-refractivity contribution in [2.24, 2.45) is 0 Å². The fraction of sp³-hybridized carbons (Fsp3) is 0.346. The van der Waals surface area contributed by atoms with Gasteiger partial charge in [-0.15, -0.1) is 11.8 Å². The molecule has 4 rings (SSSR count). The summed E-state index contributed by atoms with van der Waals surface area (Å²) in [4.78, 5) is 39.9. The Kier molecular flexibility index (Phi) is 6.61. The van der Waals surface area contributed by atoms with Crippen molar-refractivity contribution in [1.82, 2.24) is 4.90 Å². The number of hydrogen-bond acceptors (Lipinski definition) is 6. The molecular weight excluding hydrogens is 438 g/mol. The van der Waals surface area contributed by atoms with Crippen molar-refractivity contribution in [3.63, 3.8) is 0 Å². The Balaban J connectivity index is 1.67. The Bertz CT molecular complexity index is 1030. The van der Waals surface area contributed by atoms with Crippen LogP contribution >= 0.6 is 11.8 Å². The van der Waals surface area contributed by atoms with Crippen LogP contribution in [0.1, 0.15) is 44.4 Å². The number of benzene rings is 2. The van der Waals surface area contributed by atoms with Gasteiger partial charge in [0.15, 0.2) is 6.10 Å². The zero-order valence-electron chi connectivity index (χ0n) is 18.9. The summed E-state index contributed by atoms with van der Waals surface area (Å²) in [6, 6.07) is 18.2. The van der Waals surface area contributed by atoms with Gasteiger partial charge in [-0.2, -0.15) is 0 Å². The van der Waals surface area contributed by atoms with E-state index in [1.165, 1.54) is 11.8 Å². The van der Waals surface area contributed by atoms with Crippen LogP contribution in [0.15, 0.2) is 72.3 Å². The topological polar surface area (TPSA) is 72.9 Å². The summed E-state index contributed by atoms with van der Waals surface area (Å²) in [7, 11) is 0. The van der Waals surface area contributed by atoms with E-state index in [4.69, 9.17) is 9.47 Å². The van der Waals surface area contributed by atoms with E-state index in [2.05, 4.69) is 0 Å². The Morgan fingerprint density at radius 2 is 1.70 bits per heavy atom. The van der Waals surface area contributed by atoms with Crippen LogP contribution in [0.25, 0.3) is 0 Å². The number of β-lactam (4-membered cyclic amide) rings is 1. The lowest BCUT2D eigenvalue weighted by atomic mass is 9.94. The zero-order chi connectivity index (χ0) is 23.6. The van der Waals surface area contributed by atoms with Gasteiger partial charge in [-0.25, -0.2) is 9.59 Å². The summed E-state index contributed by atoms with van der Waals surface area (Å²) in [5, 5.41) is -0.113. The van der Waals surface area contributed by atoms with E-state index in [1.54, 1.807) is 24.8 Å². The van der Waals surface area contributed by atoms with Crippen molar-refractivity contribution in [2.75, 3.05) is 6.61 Å². The lowest BCUT2D eigenvalue weighted by molar-refractivity contribution is -0.163. The molecule has 0 saturated carbocycles. The molecule has 2 aliphatic heterocycles. The first-order chi connectivity index (χ1) is 15.8. The average Bonchev–Trinajstić information content (AvgIpc) is 3.05. The molecule has 6 nitrogen and oxygen atoms in total. The van der Waals surface area contributed by atoms with Crippen LogP contribution in [0.4, 0.5) is 0 Å². The van der Waals surface area contributed by atoms with Crippen molar-refractivity contribution < 1.29 is 23.9 Å². The maximum absolute atomic E-state index is 13.7. The number of thioether (sulfide) groups is 1. The van der Waals surface area contributed by atoms with Gasteiger partial charge in [-0.3, -0.25) is 4.79 Å². The van der Waals surface area contributed by atoms with Gasteiger partial charge in [0.25, 0.3) is 0 Å². The number of hydrogen-bond donors (Lipinski definition) is 0. The first-order valence-electron chi connectivity index (χ1n) is 11.0. The van der Waals surface area contributed by atoms with Crippen LogP contribution in [-0.4, -0.2) is 45.5 Å². The van der Waals surface area contributed by atoms with Crippen LogP contribution in [0, 0.1) is 0 Å². The van der Waals surface area contributed by atoms with E-state index in [9.17, 15) is 14.4 Å². The van der Waals surface area contributed by atoms with Crippen LogP contribution in [0.2, 0.25) is 0 Å². The summed E-state index contributed by atoms with van der Waals surface area (Å²) >= 11 is 1.51. The average molecular weight is 466 g/mol. The Morgan fingerprint density at radius 3 is 2.21 bits per heavy atom. The van der Waals surface area contributed by atoms with Crippen molar-refractivity contribution in [1.29, 1.82) is 0 Å². The molecule has 2 fully saturated rings. The molecular formula is C26H27NO5S. The van der Waals surface area contributed by atoms with Crippen LogP contribution in [0.3, 0.4) is 0 Å². The highest BCUT2D eigenvalue weighted by molar-refractivity contribution is 8.01. The lowest BCUT2D eigenvalue weighted by Gasteiger charge is -2.38. The molecule has 0 bridgehead atoms. The van der Waals surface area contributed by atoms with E-state index in [0.717, 1.165) is 11.1 Å². The molecule has 0 aliphatic carbocycles. The molecule has 2 saturated heterocycles. The van der Waals surface area contributed by atoms with Gasteiger partial charge in [0.05, 0.1) is 23.1 Å². The maximum Gasteiger partial charge on any atom is 0.333 e. The Morgan fingerprint density at radius 1 is 1.12 bits per heavy atom. The van der Waals surface area contributed by atoms with Crippen LogP contribution in [-0.2, 0) is 23.9 Å². The van der Waals surface area contributed by atoms with Gasteiger partial charge >= 0.3 is 11.9 Å². The Hall–Kier alpha value is -3.06. The molecule has 3 atom stereocenters. The van der Waals surface area contributed by atoms with Gasteiger partial charge in [-0.05, 0) is 31.9 Å². The minimum absolute atomic E-state index is 0.0867. The lowest BCUT2D eigenvalue weighted by Crippen LogP contribution is -2.57. The predicted octanol–water partition coefficient (Wildman–Crippen LogP) is 4.26. The molecule has 1 amide bonds. The third-order valence-electron chi connectivity index (χ3n) is 5.92. The normalized spacial score (nSPS) is 24.3. The molecule has 0 spiro atoms.